The zero-order valence-electron chi connectivity index (χ0n) is 12.3. The maximum Gasteiger partial charge on any atom is 0.227 e. The van der Waals surface area contributed by atoms with Crippen molar-refractivity contribution in [2.75, 3.05) is 13.1 Å². The largest absolute Gasteiger partial charge is 0.342 e. The molecule has 1 aliphatic heterocycles. The molecule has 2 aromatic heterocycles. The zero-order chi connectivity index (χ0) is 14.7. The molecular formula is C16H21N3OS. The van der Waals surface area contributed by atoms with Crippen LogP contribution < -0.4 is 0 Å². The van der Waals surface area contributed by atoms with E-state index in [1.165, 1.54) is 21.9 Å². The van der Waals surface area contributed by atoms with E-state index < -0.39 is 0 Å². The second-order valence-corrected chi connectivity index (χ2v) is 7.20. The molecule has 2 aromatic rings. The molecule has 0 aromatic carbocycles. The van der Waals surface area contributed by atoms with Gasteiger partial charge in [0.15, 0.2) is 0 Å². The van der Waals surface area contributed by atoms with Crippen molar-refractivity contribution in [2.45, 2.75) is 32.6 Å². The van der Waals surface area contributed by atoms with Crippen LogP contribution in [0.3, 0.4) is 0 Å². The molecule has 0 bridgehead atoms. The molecule has 0 radical (unpaired) electrons. The lowest BCUT2D eigenvalue weighted by molar-refractivity contribution is -0.132. The van der Waals surface area contributed by atoms with Crippen molar-refractivity contribution in [3.05, 3.63) is 39.8 Å². The van der Waals surface area contributed by atoms with Gasteiger partial charge >= 0.3 is 0 Å². The number of aromatic nitrogens is 2. The van der Waals surface area contributed by atoms with E-state index in [0.717, 1.165) is 25.9 Å². The Labute approximate surface area is 129 Å². The minimum atomic E-state index is 0.270. The molecule has 1 atom stereocenters. The number of hydrogen-bond acceptors (Lipinski definition) is 3. The summed E-state index contributed by atoms with van der Waals surface area (Å²) in [5, 5.41) is 7.02. The van der Waals surface area contributed by atoms with Gasteiger partial charge in [-0.25, -0.2) is 0 Å². The summed E-state index contributed by atoms with van der Waals surface area (Å²) in [6.45, 7) is 3.87. The highest BCUT2D eigenvalue weighted by molar-refractivity contribution is 7.12. The fourth-order valence-electron chi connectivity index (χ4n) is 3.01. The van der Waals surface area contributed by atoms with E-state index in [1.807, 2.05) is 11.0 Å². The minimum Gasteiger partial charge on any atom is -0.342 e. The molecule has 1 N–H and O–H groups in total. The number of H-pyrrole nitrogens is 1. The van der Waals surface area contributed by atoms with Crippen LogP contribution in [-0.2, 0) is 17.6 Å². The Balaban J connectivity index is 1.56. The number of aryl methyl sites for hydroxylation is 1. The zero-order valence-corrected chi connectivity index (χ0v) is 13.2. The Hall–Kier alpha value is -1.62. The number of nitrogens with one attached hydrogen (secondary N) is 1. The van der Waals surface area contributed by atoms with Crippen LogP contribution in [0.4, 0.5) is 0 Å². The van der Waals surface area contributed by atoms with Crippen LogP contribution in [0, 0.1) is 12.8 Å². The number of likely N-dealkylation sites (tertiary alicyclic amines) is 1. The van der Waals surface area contributed by atoms with Crippen molar-refractivity contribution in [3.8, 4) is 0 Å². The second kappa shape index (κ2) is 6.43. The predicted octanol–water partition coefficient (Wildman–Crippen LogP) is 2.80. The van der Waals surface area contributed by atoms with Gasteiger partial charge in [0.05, 0.1) is 6.42 Å². The summed E-state index contributed by atoms with van der Waals surface area (Å²) in [7, 11) is 0. The van der Waals surface area contributed by atoms with Crippen LogP contribution >= 0.6 is 11.3 Å². The maximum atomic E-state index is 12.4. The molecule has 0 spiro atoms. The molecule has 1 aliphatic rings. The molecule has 3 rings (SSSR count). The van der Waals surface area contributed by atoms with E-state index in [-0.39, 0.29) is 5.91 Å². The predicted molar refractivity (Wildman–Crippen MR) is 84.4 cm³/mol. The first-order chi connectivity index (χ1) is 10.2. The molecule has 0 unspecified atom stereocenters. The SMILES string of the molecule is Cc1ccc(CC(=O)N2CCC[C@H](Cc3ccn[nH]3)C2)s1. The Kier molecular flexibility index (Phi) is 4.39. The Morgan fingerprint density at radius 3 is 3.10 bits per heavy atom. The van der Waals surface area contributed by atoms with Gasteiger partial charge in [0.1, 0.15) is 0 Å². The van der Waals surface area contributed by atoms with E-state index in [1.54, 1.807) is 17.5 Å². The van der Waals surface area contributed by atoms with Crippen molar-refractivity contribution in [3.63, 3.8) is 0 Å². The monoisotopic (exact) mass is 303 g/mol. The average molecular weight is 303 g/mol. The van der Waals surface area contributed by atoms with E-state index in [2.05, 4.69) is 29.3 Å². The number of carbonyl (C=O) groups excluding carboxylic acids is 1. The van der Waals surface area contributed by atoms with Gasteiger partial charge in [-0.15, -0.1) is 11.3 Å². The summed E-state index contributed by atoms with van der Waals surface area (Å²) in [6.07, 6.45) is 5.63. The number of rotatable bonds is 4. The fraction of sp³-hybridized carbons (Fsp3) is 0.500. The number of aromatic amines is 1. The molecule has 21 heavy (non-hydrogen) atoms. The Bertz CT molecular complexity index is 590. The molecule has 1 saturated heterocycles. The summed E-state index contributed by atoms with van der Waals surface area (Å²) in [4.78, 5) is 16.9. The highest BCUT2D eigenvalue weighted by Crippen LogP contribution is 2.22. The Morgan fingerprint density at radius 1 is 1.48 bits per heavy atom. The topological polar surface area (TPSA) is 49.0 Å². The van der Waals surface area contributed by atoms with Crippen LogP contribution in [0.15, 0.2) is 24.4 Å². The first-order valence-corrected chi connectivity index (χ1v) is 8.33. The number of amides is 1. The molecule has 0 aliphatic carbocycles. The summed E-state index contributed by atoms with van der Waals surface area (Å²) < 4.78 is 0. The summed E-state index contributed by atoms with van der Waals surface area (Å²) in [5.74, 6) is 0.819. The third-order valence-electron chi connectivity index (χ3n) is 4.06. The Morgan fingerprint density at radius 2 is 2.38 bits per heavy atom. The van der Waals surface area contributed by atoms with Crippen LogP contribution in [0.1, 0.15) is 28.3 Å². The molecule has 4 nitrogen and oxygen atoms in total. The van der Waals surface area contributed by atoms with Gasteiger partial charge in [0, 0.05) is 34.7 Å². The molecule has 3 heterocycles. The van der Waals surface area contributed by atoms with E-state index in [4.69, 9.17) is 0 Å². The molecule has 1 fully saturated rings. The van der Waals surface area contributed by atoms with Crippen LogP contribution in [0.5, 0.6) is 0 Å². The van der Waals surface area contributed by atoms with Crippen molar-refractivity contribution in [1.82, 2.24) is 15.1 Å². The molecular weight excluding hydrogens is 282 g/mol. The molecule has 112 valence electrons. The smallest absolute Gasteiger partial charge is 0.227 e. The summed E-state index contributed by atoms with van der Waals surface area (Å²) in [6, 6.07) is 6.18. The van der Waals surface area contributed by atoms with Crippen molar-refractivity contribution < 1.29 is 4.79 Å². The maximum absolute atomic E-state index is 12.4. The van der Waals surface area contributed by atoms with Gasteiger partial charge in [0.25, 0.3) is 0 Å². The van der Waals surface area contributed by atoms with Gasteiger partial charge in [-0.1, -0.05) is 0 Å². The van der Waals surface area contributed by atoms with Crippen molar-refractivity contribution in [1.29, 1.82) is 0 Å². The third kappa shape index (κ3) is 3.73. The van der Waals surface area contributed by atoms with Gasteiger partial charge in [-0.05, 0) is 50.3 Å². The van der Waals surface area contributed by atoms with Gasteiger partial charge in [0.2, 0.25) is 5.91 Å². The fourth-order valence-corrected chi connectivity index (χ4v) is 3.89. The lowest BCUT2D eigenvalue weighted by Crippen LogP contribution is -2.41. The minimum absolute atomic E-state index is 0.270. The van der Waals surface area contributed by atoms with Gasteiger partial charge < -0.3 is 4.90 Å². The summed E-state index contributed by atoms with van der Waals surface area (Å²) in [5.41, 5.74) is 1.17. The van der Waals surface area contributed by atoms with Crippen LogP contribution in [0.2, 0.25) is 0 Å². The number of nitrogens with zero attached hydrogens (tertiary/aromatic N) is 2. The number of hydrogen-bond donors (Lipinski definition) is 1. The van der Waals surface area contributed by atoms with E-state index >= 15 is 0 Å². The lowest BCUT2D eigenvalue weighted by Gasteiger charge is -2.32. The third-order valence-corrected chi connectivity index (χ3v) is 5.06. The standard InChI is InChI=1S/C16H21N3OS/c1-12-4-5-15(21-12)10-16(20)19-8-2-3-13(11-19)9-14-6-7-17-18-14/h4-7,13H,2-3,8-11H2,1H3,(H,17,18)/t13-/m1/s1. The molecule has 0 saturated carbocycles. The second-order valence-electron chi connectivity index (χ2n) is 5.82. The highest BCUT2D eigenvalue weighted by atomic mass is 32.1. The number of carbonyl (C=O) groups is 1. The van der Waals surface area contributed by atoms with Crippen molar-refractivity contribution in [2.24, 2.45) is 5.92 Å². The van der Waals surface area contributed by atoms with E-state index in [0.29, 0.717) is 12.3 Å². The quantitative estimate of drug-likeness (QED) is 0.944. The highest BCUT2D eigenvalue weighted by Gasteiger charge is 2.24. The first kappa shape index (κ1) is 14.3. The normalized spacial score (nSPS) is 18.9. The van der Waals surface area contributed by atoms with Crippen LogP contribution in [0.25, 0.3) is 0 Å². The van der Waals surface area contributed by atoms with Crippen LogP contribution in [-0.4, -0.2) is 34.1 Å². The first-order valence-electron chi connectivity index (χ1n) is 7.52. The van der Waals surface area contributed by atoms with Gasteiger partial charge in [-0.2, -0.15) is 5.10 Å². The van der Waals surface area contributed by atoms with Crippen molar-refractivity contribution >= 4 is 17.2 Å². The summed E-state index contributed by atoms with van der Waals surface area (Å²) >= 11 is 1.72. The average Bonchev–Trinajstić information content (AvgIpc) is 3.11. The van der Waals surface area contributed by atoms with E-state index in [9.17, 15) is 4.79 Å². The molecule has 1 amide bonds. The lowest BCUT2D eigenvalue weighted by atomic mass is 9.93. The number of piperidine rings is 1. The molecule has 5 heteroatoms. The van der Waals surface area contributed by atoms with Gasteiger partial charge in [-0.3, -0.25) is 9.89 Å². The number of thiophene rings is 1.